The Morgan fingerprint density at radius 2 is 1.75 bits per heavy atom. The molecule has 0 radical (unpaired) electrons. The van der Waals surface area contributed by atoms with E-state index in [0.29, 0.717) is 12.0 Å². The van der Waals surface area contributed by atoms with Crippen LogP contribution in [0.1, 0.15) is 33.6 Å². The van der Waals surface area contributed by atoms with Gasteiger partial charge in [-0.2, -0.15) is 8.42 Å². The van der Waals surface area contributed by atoms with Crippen LogP contribution in [0.4, 0.5) is 0 Å². The maximum absolute atomic E-state index is 10.6. The van der Waals surface area contributed by atoms with E-state index >= 15 is 0 Å². The Bertz CT molecular complexity index is 311. The highest BCUT2D eigenvalue weighted by Crippen LogP contribution is 2.34. The number of likely N-dealkylation sites (tertiary alicyclic amines) is 1. The zero-order valence-electron chi connectivity index (χ0n) is 10.4. The van der Waals surface area contributed by atoms with E-state index in [2.05, 4.69) is 25.7 Å². The third-order valence-electron chi connectivity index (χ3n) is 3.48. The molecule has 1 fully saturated rings. The molecule has 1 aliphatic heterocycles. The van der Waals surface area contributed by atoms with Gasteiger partial charge in [-0.3, -0.25) is 4.55 Å². The van der Waals surface area contributed by atoms with Crippen LogP contribution >= 0.6 is 0 Å². The van der Waals surface area contributed by atoms with Crippen LogP contribution in [0.3, 0.4) is 0 Å². The molecule has 0 atom stereocenters. The third kappa shape index (κ3) is 4.80. The Hall–Kier alpha value is -0.130. The molecule has 0 aliphatic carbocycles. The van der Waals surface area contributed by atoms with Gasteiger partial charge in [0.25, 0.3) is 10.1 Å². The lowest BCUT2D eigenvalue weighted by Gasteiger charge is -2.38. The molecular weight excluding hydrogens is 226 g/mol. The first kappa shape index (κ1) is 13.9. The zero-order valence-corrected chi connectivity index (χ0v) is 11.3. The lowest BCUT2D eigenvalue weighted by Crippen LogP contribution is -2.40. The van der Waals surface area contributed by atoms with Gasteiger partial charge in [0.1, 0.15) is 0 Å². The first-order chi connectivity index (χ1) is 7.18. The number of hydrogen-bond donors (Lipinski definition) is 1. The summed E-state index contributed by atoms with van der Waals surface area (Å²) >= 11 is 0. The molecule has 0 bridgehead atoms. The zero-order chi connectivity index (χ0) is 12.4. The summed E-state index contributed by atoms with van der Waals surface area (Å²) in [4.78, 5) is 2.12. The van der Waals surface area contributed by atoms with E-state index in [4.69, 9.17) is 4.55 Å². The summed E-state index contributed by atoms with van der Waals surface area (Å²) in [6.45, 7) is 9.10. The van der Waals surface area contributed by atoms with Gasteiger partial charge in [-0.1, -0.05) is 20.8 Å². The Labute approximate surface area is 98.8 Å². The Morgan fingerprint density at radius 3 is 2.12 bits per heavy atom. The van der Waals surface area contributed by atoms with Gasteiger partial charge in [-0.05, 0) is 37.3 Å². The van der Waals surface area contributed by atoms with Gasteiger partial charge >= 0.3 is 0 Å². The van der Waals surface area contributed by atoms with Crippen molar-refractivity contribution in [1.82, 2.24) is 4.90 Å². The summed E-state index contributed by atoms with van der Waals surface area (Å²) in [7, 11) is -3.81. The minimum Gasteiger partial charge on any atom is -0.302 e. The first-order valence-corrected chi connectivity index (χ1v) is 7.47. The van der Waals surface area contributed by atoms with Gasteiger partial charge in [0.15, 0.2) is 0 Å². The monoisotopic (exact) mass is 249 g/mol. The number of piperidine rings is 1. The largest absolute Gasteiger partial charge is 0.302 e. The smallest absolute Gasteiger partial charge is 0.266 e. The van der Waals surface area contributed by atoms with Crippen LogP contribution in [0, 0.1) is 11.3 Å². The van der Waals surface area contributed by atoms with Crippen LogP contribution < -0.4 is 0 Å². The molecule has 1 heterocycles. The van der Waals surface area contributed by atoms with Crippen molar-refractivity contribution in [3.8, 4) is 0 Å². The third-order valence-corrected chi connectivity index (χ3v) is 4.18. The van der Waals surface area contributed by atoms with Gasteiger partial charge in [-0.15, -0.1) is 0 Å². The van der Waals surface area contributed by atoms with Crippen LogP contribution in [0.5, 0.6) is 0 Å². The molecule has 0 amide bonds. The molecule has 0 unspecified atom stereocenters. The fourth-order valence-electron chi connectivity index (χ4n) is 2.27. The fraction of sp³-hybridized carbons (Fsp3) is 1.00. The summed E-state index contributed by atoms with van der Waals surface area (Å²) in [6, 6.07) is 0. The molecule has 1 saturated heterocycles. The minimum absolute atomic E-state index is 0.146. The van der Waals surface area contributed by atoms with Crippen LogP contribution in [0.2, 0.25) is 0 Å². The van der Waals surface area contributed by atoms with Gasteiger partial charge in [0.2, 0.25) is 0 Å². The lowest BCUT2D eigenvalue weighted by molar-refractivity contribution is 0.116. The maximum atomic E-state index is 10.6. The van der Waals surface area contributed by atoms with Crippen molar-refractivity contribution in [2.45, 2.75) is 33.6 Å². The summed E-state index contributed by atoms with van der Waals surface area (Å²) < 4.78 is 29.9. The molecule has 0 spiro atoms. The lowest BCUT2D eigenvalue weighted by atomic mass is 9.75. The van der Waals surface area contributed by atoms with Crippen LogP contribution in [-0.4, -0.2) is 43.3 Å². The van der Waals surface area contributed by atoms with E-state index < -0.39 is 10.1 Å². The van der Waals surface area contributed by atoms with Gasteiger partial charge in [-0.25, -0.2) is 0 Å². The average Bonchev–Trinajstić information content (AvgIpc) is 2.13. The van der Waals surface area contributed by atoms with Gasteiger partial charge in [0.05, 0.1) is 5.75 Å². The second-order valence-electron chi connectivity index (χ2n) is 5.77. The van der Waals surface area contributed by atoms with Gasteiger partial charge < -0.3 is 4.90 Å². The standard InChI is InChI=1S/C11H23NO3S/c1-11(2,3)10-4-6-12(7-5-10)8-9-16(13,14)15/h10H,4-9H2,1-3H3,(H,13,14,15). The predicted molar refractivity (Wildman–Crippen MR) is 65.0 cm³/mol. The molecule has 96 valence electrons. The Balaban J connectivity index is 2.33. The van der Waals surface area contributed by atoms with Gasteiger partial charge in [0, 0.05) is 6.54 Å². The highest BCUT2D eigenvalue weighted by Gasteiger charge is 2.28. The van der Waals surface area contributed by atoms with Crippen LogP contribution in [0.25, 0.3) is 0 Å². The summed E-state index contributed by atoms with van der Waals surface area (Å²) in [6.07, 6.45) is 2.24. The molecule has 4 nitrogen and oxygen atoms in total. The molecule has 1 rings (SSSR count). The van der Waals surface area contributed by atoms with Crippen LogP contribution in [-0.2, 0) is 10.1 Å². The maximum Gasteiger partial charge on any atom is 0.266 e. The fourth-order valence-corrected chi connectivity index (χ4v) is 2.76. The Morgan fingerprint density at radius 1 is 1.25 bits per heavy atom. The van der Waals surface area contributed by atoms with E-state index in [9.17, 15) is 8.42 Å². The summed E-state index contributed by atoms with van der Waals surface area (Å²) in [5.74, 6) is 0.571. The molecule has 0 saturated carbocycles. The molecular formula is C11H23NO3S. The molecule has 1 aliphatic rings. The molecule has 5 heteroatoms. The van der Waals surface area contributed by atoms with E-state index in [1.165, 1.54) is 0 Å². The number of rotatable bonds is 3. The van der Waals surface area contributed by atoms with E-state index in [0.717, 1.165) is 31.8 Å². The van der Waals surface area contributed by atoms with Crippen molar-refractivity contribution >= 4 is 10.1 Å². The second-order valence-corrected chi connectivity index (χ2v) is 7.34. The van der Waals surface area contributed by atoms with Crippen molar-refractivity contribution < 1.29 is 13.0 Å². The van der Waals surface area contributed by atoms with Crippen molar-refractivity contribution in [3.05, 3.63) is 0 Å². The summed E-state index contributed by atoms with van der Waals surface area (Å²) in [5, 5.41) is 0. The quantitative estimate of drug-likeness (QED) is 0.772. The molecule has 16 heavy (non-hydrogen) atoms. The van der Waals surface area contributed by atoms with Crippen molar-refractivity contribution in [2.75, 3.05) is 25.4 Å². The van der Waals surface area contributed by atoms with Crippen LogP contribution in [0.15, 0.2) is 0 Å². The predicted octanol–water partition coefficient (Wildman–Crippen LogP) is 1.63. The number of nitrogens with zero attached hydrogens (tertiary/aromatic N) is 1. The van der Waals surface area contributed by atoms with E-state index in [1.54, 1.807) is 0 Å². The highest BCUT2D eigenvalue weighted by atomic mass is 32.2. The first-order valence-electron chi connectivity index (χ1n) is 5.86. The summed E-state index contributed by atoms with van der Waals surface area (Å²) in [5.41, 5.74) is 0.342. The Kier molecular flexibility index (Phi) is 4.37. The molecule has 1 N–H and O–H groups in total. The van der Waals surface area contributed by atoms with Crippen molar-refractivity contribution in [2.24, 2.45) is 11.3 Å². The van der Waals surface area contributed by atoms with Crippen molar-refractivity contribution in [1.29, 1.82) is 0 Å². The number of hydrogen-bond acceptors (Lipinski definition) is 3. The molecule has 0 aromatic heterocycles. The average molecular weight is 249 g/mol. The molecule has 0 aromatic carbocycles. The molecule has 0 aromatic rings. The van der Waals surface area contributed by atoms with Crippen molar-refractivity contribution in [3.63, 3.8) is 0 Å². The minimum atomic E-state index is -3.81. The normalized spacial score (nSPS) is 21.2. The topological polar surface area (TPSA) is 57.6 Å². The van der Waals surface area contributed by atoms with E-state index in [-0.39, 0.29) is 5.75 Å². The second kappa shape index (κ2) is 5.02. The van der Waals surface area contributed by atoms with E-state index in [1.807, 2.05) is 0 Å². The highest BCUT2D eigenvalue weighted by molar-refractivity contribution is 7.85. The SMILES string of the molecule is CC(C)(C)C1CCN(CCS(=O)(=O)O)CC1.